The van der Waals surface area contributed by atoms with Gasteiger partial charge in [-0.15, -0.1) is 0 Å². The minimum absolute atomic E-state index is 0.120. The fourth-order valence-electron chi connectivity index (χ4n) is 3.72. The molecule has 1 fully saturated rings. The van der Waals surface area contributed by atoms with Crippen molar-refractivity contribution in [2.24, 2.45) is 0 Å². The number of nitrogens with zero attached hydrogens (tertiary/aromatic N) is 3. The highest BCUT2D eigenvalue weighted by Gasteiger charge is 2.27. The normalized spacial score (nSPS) is 17.4. The van der Waals surface area contributed by atoms with Gasteiger partial charge in [-0.3, -0.25) is 9.36 Å². The first kappa shape index (κ1) is 28.3. The van der Waals surface area contributed by atoms with E-state index >= 15 is 0 Å². The summed E-state index contributed by atoms with van der Waals surface area (Å²) >= 11 is 0. The van der Waals surface area contributed by atoms with Crippen LogP contribution in [0.15, 0.2) is 47.4 Å². The van der Waals surface area contributed by atoms with Crippen LogP contribution in [0.3, 0.4) is 0 Å². The minimum Gasteiger partial charge on any atom is -0.444 e. The van der Waals surface area contributed by atoms with Crippen molar-refractivity contribution in [3.05, 3.63) is 58.6 Å². The number of rotatable bonds is 11. The molecule has 2 atom stereocenters. The van der Waals surface area contributed by atoms with E-state index in [0.29, 0.717) is 25.9 Å². The third-order valence-corrected chi connectivity index (χ3v) is 5.49. The van der Waals surface area contributed by atoms with Gasteiger partial charge < -0.3 is 29.5 Å². The molecule has 0 bridgehead atoms. The number of unbranched alkanes of at least 4 members (excludes halogenated alkanes) is 2. The number of ether oxygens (including phenoxy) is 3. The molecule has 37 heavy (non-hydrogen) atoms. The van der Waals surface area contributed by atoms with Crippen LogP contribution in [-0.4, -0.2) is 63.2 Å². The Balaban J connectivity index is 1.43. The summed E-state index contributed by atoms with van der Waals surface area (Å²) in [6.07, 6.45) is 1.98. The van der Waals surface area contributed by atoms with E-state index in [-0.39, 0.29) is 37.5 Å². The van der Waals surface area contributed by atoms with Crippen LogP contribution < -0.4 is 11.0 Å². The van der Waals surface area contributed by atoms with Crippen LogP contribution in [0.1, 0.15) is 58.2 Å². The Kier molecular flexibility index (Phi) is 10.2. The lowest BCUT2D eigenvalue weighted by molar-refractivity contribution is -0.116. The summed E-state index contributed by atoms with van der Waals surface area (Å²) in [6.45, 7) is 6.29. The average molecular weight is 517 g/mol. The van der Waals surface area contributed by atoms with Crippen LogP contribution in [0.4, 0.5) is 10.6 Å². The molecule has 1 aromatic carbocycles. The molecule has 2 N–H and O–H groups in total. The quantitative estimate of drug-likeness (QED) is 0.436. The molecular weight excluding hydrogens is 480 g/mol. The zero-order chi connectivity index (χ0) is 26.8. The largest absolute Gasteiger partial charge is 0.444 e. The highest BCUT2D eigenvalue weighted by atomic mass is 16.7. The molecule has 11 nitrogen and oxygen atoms in total. The molecule has 2 amide bonds. The predicted molar refractivity (Wildman–Crippen MR) is 136 cm³/mol. The summed E-state index contributed by atoms with van der Waals surface area (Å²) in [5.41, 5.74) is -0.161. The highest BCUT2D eigenvalue weighted by Crippen LogP contribution is 2.19. The third kappa shape index (κ3) is 9.27. The number of carbonyl (C=O) groups is 2. The maximum Gasteiger partial charge on any atom is 0.410 e. The molecule has 0 aliphatic carbocycles. The van der Waals surface area contributed by atoms with Crippen LogP contribution in [-0.2, 0) is 25.5 Å². The topological polar surface area (TPSA) is 132 Å². The Morgan fingerprint density at radius 3 is 2.59 bits per heavy atom. The Bertz CT molecular complexity index is 1080. The van der Waals surface area contributed by atoms with Gasteiger partial charge in [0.2, 0.25) is 5.91 Å². The first-order valence-electron chi connectivity index (χ1n) is 12.4. The number of aliphatic hydroxyl groups excluding tert-OH is 1. The second-order valence-electron chi connectivity index (χ2n) is 9.79. The van der Waals surface area contributed by atoms with Crippen LogP contribution >= 0.6 is 0 Å². The number of aromatic nitrogens is 2. The van der Waals surface area contributed by atoms with E-state index in [4.69, 9.17) is 19.3 Å². The van der Waals surface area contributed by atoms with Crippen molar-refractivity contribution in [3.8, 4) is 0 Å². The van der Waals surface area contributed by atoms with Crippen molar-refractivity contribution in [1.82, 2.24) is 14.5 Å². The smallest absolute Gasteiger partial charge is 0.410 e. The van der Waals surface area contributed by atoms with Crippen molar-refractivity contribution in [2.45, 2.75) is 71.1 Å². The zero-order valence-electron chi connectivity index (χ0n) is 21.6. The number of aliphatic hydroxyl groups is 1. The molecule has 1 aliphatic rings. The number of carbonyl (C=O) groups excluding carboxylic acids is 2. The van der Waals surface area contributed by atoms with Gasteiger partial charge in [0.25, 0.3) is 0 Å². The van der Waals surface area contributed by atoms with E-state index in [2.05, 4.69) is 10.3 Å². The van der Waals surface area contributed by atoms with Gasteiger partial charge in [-0.05, 0) is 45.2 Å². The van der Waals surface area contributed by atoms with Gasteiger partial charge in [0.15, 0.2) is 12.5 Å². The van der Waals surface area contributed by atoms with Gasteiger partial charge >= 0.3 is 11.8 Å². The summed E-state index contributed by atoms with van der Waals surface area (Å²) in [5, 5.41) is 11.7. The molecule has 11 heteroatoms. The zero-order valence-corrected chi connectivity index (χ0v) is 21.6. The predicted octanol–water partition coefficient (Wildman–Crippen LogP) is 3.04. The van der Waals surface area contributed by atoms with E-state index in [1.807, 2.05) is 51.1 Å². The van der Waals surface area contributed by atoms with Crippen molar-refractivity contribution < 1.29 is 28.9 Å². The molecule has 202 valence electrons. The molecule has 0 radical (unpaired) electrons. The fraction of sp³-hybridized carbons (Fsp3) is 0.538. The monoisotopic (exact) mass is 516 g/mol. The van der Waals surface area contributed by atoms with E-state index in [9.17, 15) is 14.4 Å². The maximum absolute atomic E-state index is 12.7. The molecule has 0 unspecified atom stereocenters. The van der Waals surface area contributed by atoms with E-state index in [1.165, 1.54) is 16.8 Å². The van der Waals surface area contributed by atoms with Gasteiger partial charge in [0.05, 0.1) is 13.2 Å². The Labute approximate surface area is 216 Å². The first-order chi connectivity index (χ1) is 17.6. The molecule has 1 saturated heterocycles. The van der Waals surface area contributed by atoms with Crippen molar-refractivity contribution in [3.63, 3.8) is 0 Å². The van der Waals surface area contributed by atoms with Crippen LogP contribution in [0, 0.1) is 0 Å². The number of benzene rings is 1. The van der Waals surface area contributed by atoms with Crippen LogP contribution in [0.25, 0.3) is 0 Å². The summed E-state index contributed by atoms with van der Waals surface area (Å²) in [4.78, 5) is 42.9. The maximum atomic E-state index is 12.7. The van der Waals surface area contributed by atoms with Crippen LogP contribution in [0.5, 0.6) is 0 Å². The minimum atomic E-state index is -0.772. The van der Waals surface area contributed by atoms with Gasteiger partial charge in [0, 0.05) is 25.7 Å². The standard InChI is InChI=1S/C26H36N4O7/c1-26(2,3)37-25(34)29(16-19-10-6-4-7-11-19)14-9-5-8-12-21(32)27-20-13-15-30(24(33)28-20)22-18-35-23(17-31)36-22/h4,6-7,10-11,13,15,22-23,31H,5,8-9,12,14,16-18H2,1-3H3,(H,27,28,32,33)/t22-,23-/m0/s1. The van der Waals surface area contributed by atoms with Gasteiger partial charge in [-0.25, -0.2) is 9.59 Å². The molecule has 1 aliphatic heterocycles. The average Bonchev–Trinajstić information content (AvgIpc) is 3.32. The number of nitrogens with one attached hydrogen (secondary N) is 1. The van der Waals surface area contributed by atoms with Gasteiger partial charge in [-0.1, -0.05) is 36.8 Å². The highest BCUT2D eigenvalue weighted by molar-refractivity contribution is 5.89. The molecule has 1 aromatic heterocycles. The SMILES string of the molecule is CC(C)(C)OC(=O)N(CCCCCC(=O)Nc1ccn([C@@H]2CO[C@H](CO)O2)c(=O)n1)Cc1ccccc1. The first-order valence-corrected chi connectivity index (χ1v) is 12.4. The van der Waals surface area contributed by atoms with Gasteiger partial charge in [0.1, 0.15) is 11.4 Å². The molecule has 0 saturated carbocycles. The summed E-state index contributed by atoms with van der Waals surface area (Å²) in [6, 6.07) is 11.2. The Morgan fingerprint density at radius 2 is 1.95 bits per heavy atom. The molecule has 2 aromatic rings. The Morgan fingerprint density at radius 1 is 1.19 bits per heavy atom. The second kappa shape index (κ2) is 13.3. The molecule has 3 rings (SSSR count). The number of anilines is 1. The lowest BCUT2D eigenvalue weighted by Crippen LogP contribution is -2.37. The van der Waals surface area contributed by atoms with Crippen LogP contribution in [0.2, 0.25) is 0 Å². The molecule has 0 spiro atoms. The Hall–Kier alpha value is -3.28. The fourth-order valence-corrected chi connectivity index (χ4v) is 3.72. The summed E-state index contributed by atoms with van der Waals surface area (Å²) < 4.78 is 17.4. The number of hydrogen-bond acceptors (Lipinski definition) is 8. The van der Waals surface area contributed by atoms with E-state index < -0.39 is 23.8 Å². The van der Waals surface area contributed by atoms with Crippen molar-refractivity contribution >= 4 is 17.8 Å². The van der Waals surface area contributed by atoms with Crippen molar-refractivity contribution in [1.29, 1.82) is 0 Å². The third-order valence-electron chi connectivity index (χ3n) is 5.49. The van der Waals surface area contributed by atoms with Crippen molar-refractivity contribution in [2.75, 3.05) is 25.1 Å². The van der Waals surface area contributed by atoms with E-state index in [1.54, 1.807) is 4.90 Å². The lowest BCUT2D eigenvalue weighted by Gasteiger charge is -2.27. The molecular formula is C26H36N4O7. The number of hydrogen-bond donors (Lipinski definition) is 2. The molecule has 2 heterocycles. The summed E-state index contributed by atoms with van der Waals surface area (Å²) in [5.74, 6) is -0.0958. The summed E-state index contributed by atoms with van der Waals surface area (Å²) in [7, 11) is 0. The van der Waals surface area contributed by atoms with E-state index in [0.717, 1.165) is 12.0 Å². The lowest BCUT2D eigenvalue weighted by atomic mass is 10.1. The second-order valence-corrected chi connectivity index (χ2v) is 9.79. The number of amides is 2. The van der Waals surface area contributed by atoms with Gasteiger partial charge in [-0.2, -0.15) is 4.98 Å².